The highest BCUT2D eigenvalue weighted by atomic mass is 32.2. The van der Waals surface area contributed by atoms with Crippen LogP contribution in [0.2, 0.25) is 0 Å². The lowest BCUT2D eigenvalue weighted by Crippen LogP contribution is -2.38. The lowest BCUT2D eigenvalue weighted by molar-refractivity contribution is -0.111. The van der Waals surface area contributed by atoms with Gasteiger partial charge >= 0.3 is 0 Å². The highest BCUT2D eigenvalue weighted by molar-refractivity contribution is 8.13. The van der Waals surface area contributed by atoms with Crippen LogP contribution in [0.1, 0.15) is 26.2 Å². The van der Waals surface area contributed by atoms with Crippen molar-refractivity contribution < 1.29 is 26.7 Å². The molecule has 0 bridgehead atoms. The molecule has 0 saturated heterocycles. The van der Waals surface area contributed by atoms with Crippen molar-refractivity contribution in [1.82, 2.24) is 0 Å². The first kappa shape index (κ1) is 16.7. The first-order valence-corrected chi connectivity index (χ1v) is 6.21. The Kier molecular flexibility index (Phi) is 7.74. The average molecular weight is 278 g/mol. The van der Waals surface area contributed by atoms with Gasteiger partial charge in [0.25, 0.3) is 5.92 Å². The fraction of sp³-hybridized carbons (Fsp3) is 0.900. The summed E-state index contributed by atoms with van der Waals surface area (Å²) >= 11 is 0.880. The van der Waals surface area contributed by atoms with Crippen LogP contribution >= 0.6 is 11.8 Å². The third-order valence-electron chi connectivity index (χ3n) is 2.07. The Morgan fingerprint density at radius 3 is 2.41 bits per heavy atom. The van der Waals surface area contributed by atoms with Crippen LogP contribution in [0.25, 0.3) is 0 Å². The SMILES string of the molecule is CCC(=O)SCCCC(F)(F)C(F)C(F)CF. The molecule has 0 N–H and O–H groups in total. The Bertz CT molecular complexity index is 237. The van der Waals surface area contributed by atoms with Crippen molar-refractivity contribution in [3.63, 3.8) is 0 Å². The van der Waals surface area contributed by atoms with Gasteiger partial charge in [-0.15, -0.1) is 0 Å². The summed E-state index contributed by atoms with van der Waals surface area (Å²) in [5.74, 6) is -3.76. The number of hydrogen-bond donors (Lipinski definition) is 0. The quantitative estimate of drug-likeness (QED) is 0.497. The molecule has 0 fully saturated rings. The molecule has 0 radical (unpaired) electrons. The van der Waals surface area contributed by atoms with Crippen LogP contribution in [0.4, 0.5) is 22.0 Å². The van der Waals surface area contributed by atoms with E-state index in [4.69, 9.17) is 0 Å². The summed E-state index contributed by atoms with van der Waals surface area (Å²) in [6, 6.07) is 0. The average Bonchev–Trinajstić information content (AvgIpc) is 2.32. The van der Waals surface area contributed by atoms with Crippen LogP contribution in [0.15, 0.2) is 0 Å². The monoisotopic (exact) mass is 278 g/mol. The van der Waals surface area contributed by atoms with Gasteiger partial charge < -0.3 is 0 Å². The molecule has 102 valence electrons. The smallest absolute Gasteiger partial charge is 0.281 e. The molecule has 0 aromatic heterocycles. The molecule has 1 nitrogen and oxygen atoms in total. The van der Waals surface area contributed by atoms with Gasteiger partial charge in [0.1, 0.15) is 6.67 Å². The van der Waals surface area contributed by atoms with E-state index in [1.807, 2.05) is 0 Å². The maximum Gasteiger partial charge on any atom is 0.281 e. The van der Waals surface area contributed by atoms with Gasteiger partial charge in [0, 0.05) is 18.6 Å². The van der Waals surface area contributed by atoms with E-state index in [0.717, 1.165) is 11.8 Å². The van der Waals surface area contributed by atoms with Gasteiger partial charge in [-0.25, -0.2) is 22.0 Å². The molecular formula is C10H15F5OS. The van der Waals surface area contributed by atoms with E-state index in [-0.39, 0.29) is 17.3 Å². The molecule has 2 unspecified atom stereocenters. The maximum atomic E-state index is 13.0. The normalized spacial score (nSPS) is 15.6. The Balaban J connectivity index is 3.96. The van der Waals surface area contributed by atoms with Crippen LogP contribution in [-0.2, 0) is 4.79 Å². The Morgan fingerprint density at radius 1 is 1.35 bits per heavy atom. The number of carbonyl (C=O) groups is 1. The van der Waals surface area contributed by atoms with Crippen LogP contribution in [-0.4, -0.2) is 35.8 Å². The van der Waals surface area contributed by atoms with E-state index in [0.29, 0.717) is 6.42 Å². The first-order chi connectivity index (χ1) is 7.85. The van der Waals surface area contributed by atoms with E-state index in [2.05, 4.69) is 0 Å². The molecule has 0 aromatic carbocycles. The summed E-state index contributed by atoms with van der Waals surface area (Å²) in [4.78, 5) is 10.8. The predicted octanol–water partition coefficient (Wildman–Crippen LogP) is 3.72. The molecule has 0 saturated carbocycles. The zero-order chi connectivity index (χ0) is 13.5. The molecule has 0 amide bonds. The zero-order valence-electron chi connectivity index (χ0n) is 9.40. The number of alkyl halides is 5. The molecular weight excluding hydrogens is 263 g/mol. The Hall–Kier alpha value is -0.330. The molecule has 0 heterocycles. The number of halogens is 5. The second-order valence-corrected chi connectivity index (χ2v) is 4.66. The lowest BCUT2D eigenvalue weighted by atomic mass is 10.1. The molecule has 0 aliphatic carbocycles. The molecule has 2 atom stereocenters. The largest absolute Gasteiger partial charge is 0.287 e. The summed E-state index contributed by atoms with van der Waals surface area (Å²) in [6.45, 7) is -0.129. The van der Waals surface area contributed by atoms with Gasteiger partial charge in [0.2, 0.25) is 0 Å². The van der Waals surface area contributed by atoms with Crippen molar-refractivity contribution in [2.45, 2.75) is 44.5 Å². The first-order valence-electron chi connectivity index (χ1n) is 5.22. The molecule has 0 spiro atoms. The van der Waals surface area contributed by atoms with E-state index < -0.39 is 31.4 Å². The maximum absolute atomic E-state index is 13.0. The third-order valence-corrected chi connectivity index (χ3v) is 3.18. The van der Waals surface area contributed by atoms with Gasteiger partial charge in [-0.2, -0.15) is 0 Å². The number of thioether (sulfide) groups is 1. The summed E-state index contributed by atoms with van der Waals surface area (Å²) < 4.78 is 62.9. The topological polar surface area (TPSA) is 17.1 Å². The summed E-state index contributed by atoms with van der Waals surface area (Å²) in [5, 5.41) is -0.141. The highest BCUT2D eigenvalue weighted by Crippen LogP contribution is 2.31. The van der Waals surface area contributed by atoms with Crippen molar-refractivity contribution >= 4 is 16.9 Å². The molecule has 0 aliphatic heterocycles. The van der Waals surface area contributed by atoms with Gasteiger partial charge in [-0.05, 0) is 6.42 Å². The van der Waals surface area contributed by atoms with Gasteiger partial charge in [-0.3, -0.25) is 4.79 Å². The minimum atomic E-state index is -3.89. The van der Waals surface area contributed by atoms with Crippen molar-refractivity contribution in [3.8, 4) is 0 Å². The molecule has 7 heteroatoms. The zero-order valence-corrected chi connectivity index (χ0v) is 10.2. The summed E-state index contributed by atoms with van der Waals surface area (Å²) in [7, 11) is 0. The Morgan fingerprint density at radius 2 is 1.94 bits per heavy atom. The fourth-order valence-corrected chi connectivity index (χ4v) is 1.80. The minimum absolute atomic E-state index is 0.122. The van der Waals surface area contributed by atoms with E-state index in [1.54, 1.807) is 6.92 Å². The van der Waals surface area contributed by atoms with E-state index in [9.17, 15) is 26.7 Å². The van der Waals surface area contributed by atoms with Gasteiger partial charge in [0.05, 0.1) is 0 Å². The fourth-order valence-electron chi connectivity index (χ4n) is 1.08. The van der Waals surface area contributed by atoms with Crippen LogP contribution in [0, 0.1) is 0 Å². The number of carbonyl (C=O) groups excluding carboxylic acids is 1. The van der Waals surface area contributed by atoms with Gasteiger partial charge in [0.15, 0.2) is 17.5 Å². The lowest BCUT2D eigenvalue weighted by Gasteiger charge is -2.21. The number of rotatable bonds is 8. The van der Waals surface area contributed by atoms with Crippen LogP contribution in [0.3, 0.4) is 0 Å². The highest BCUT2D eigenvalue weighted by Gasteiger charge is 2.44. The summed E-state index contributed by atoms with van der Waals surface area (Å²) in [5.41, 5.74) is 0. The Labute approximate surface area is 101 Å². The van der Waals surface area contributed by atoms with Crippen LogP contribution < -0.4 is 0 Å². The van der Waals surface area contributed by atoms with Crippen molar-refractivity contribution in [3.05, 3.63) is 0 Å². The predicted molar refractivity (Wildman–Crippen MR) is 57.7 cm³/mol. The van der Waals surface area contributed by atoms with Crippen molar-refractivity contribution in [1.29, 1.82) is 0 Å². The minimum Gasteiger partial charge on any atom is -0.287 e. The van der Waals surface area contributed by atoms with Crippen molar-refractivity contribution in [2.24, 2.45) is 0 Å². The number of hydrogen-bond acceptors (Lipinski definition) is 2. The standard InChI is InChI=1S/C10H15F5OS/c1-2-8(16)17-5-3-4-10(14,15)9(13)7(12)6-11/h7,9H,2-6H2,1H3. The molecule has 0 rings (SSSR count). The van der Waals surface area contributed by atoms with Gasteiger partial charge in [-0.1, -0.05) is 18.7 Å². The third kappa shape index (κ3) is 6.24. The van der Waals surface area contributed by atoms with E-state index >= 15 is 0 Å². The molecule has 0 aromatic rings. The van der Waals surface area contributed by atoms with Crippen molar-refractivity contribution in [2.75, 3.05) is 12.4 Å². The summed E-state index contributed by atoms with van der Waals surface area (Å²) in [6.07, 6.45) is -6.64. The second kappa shape index (κ2) is 7.89. The van der Waals surface area contributed by atoms with E-state index in [1.165, 1.54) is 0 Å². The molecule has 17 heavy (non-hydrogen) atoms. The molecule has 0 aliphatic rings. The second-order valence-electron chi connectivity index (χ2n) is 3.51. The van der Waals surface area contributed by atoms with Crippen LogP contribution in [0.5, 0.6) is 0 Å².